The molecule has 1 aromatic heterocycles. The second-order valence-electron chi connectivity index (χ2n) is 8.42. The van der Waals surface area contributed by atoms with Crippen molar-refractivity contribution in [3.8, 4) is 11.1 Å². The van der Waals surface area contributed by atoms with Gasteiger partial charge < -0.3 is 5.32 Å². The van der Waals surface area contributed by atoms with Gasteiger partial charge in [-0.3, -0.25) is 4.90 Å². The summed E-state index contributed by atoms with van der Waals surface area (Å²) in [6.07, 6.45) is 2.27. The lowest BCUT2D eigenvalue weighted by Crippen LogP contribution is -2.37. The molecule has 7 heteroatoms. The molecule has 5 rings (SSSR count). The van der Waals surface area contributed by atoms with E-state index in [0.29, 0.717) is 24.7 Å². The average molecular weight is 434 g/mol. The van der Waals surface area contributed by atoms with Crippen LogP contribution in [-0.4, -0.2) is 39.4 Å². The predicted octanol–water partition coefficient (Wildman–Crippen LogP) is 4.66. The molecule has 1 aliphatic rings. The Morgan fingerprint density at radius 2 is 1.66 bits per heavy atom. The maximum atomic E-state index is 14.8. The molecule has 32 heavy (non-hydrogen) atoms. The van der Waals surface area contributed by atoms with Crippen LogP contribution in [0.15, 0.2) is 60.7 Å². The second-order valence-corrected chi connectivity index (χ2v) is 8.42. The number of nitrogens with zero attached hydrogens (tertiary/aromatic N) is 3. The van der Waals surface area contributed by atoms with Gasteiger partial charge in [0.15, 0.2) is 0 Å². The minimum absolute atomic E-state index is 0.222. The van der Waals surface area contributed by atoms with E-state index in [9.17, 15) is 8.78 Å². The fourth-order valence-electron chi connectivity index (χ4n) is 4.39. The molecule has 2 heterocycles. The maximum absolute atomic E-state index is 14.8. The lowest BCUT2D eigenvalue weighted by Gasteiger charge is -2.26. The highest BCUT2D eigenvalue weighted by molar-refractivity contribution is 5.81. The molecule has 164 valence electrons. The van der Waals surface area contributed by atoms with Gasteiger partial charge in [0, 0.05) is 31.2 Å². The number of halogens is 2. The van der Waals surface area contributed by atoms with Gasteiger partial charge in [-0.05, 0) is 72.5 Å². The van der Waals surface area contributed by atoms with E-state index in [1.807, 2.05) is 24.3 Å². The van der Waals surface area contributed by atoms with Gasteiger partial charge in [0.2, 0.25) is 0 Å². The first-order valence-corrected chi connectivity index (χ1v) is 10.9. The number of aromatic nitrogens is 3. The zero-order valence-corrected chi connectivity index (χ0v) is 17.7. The third kappa shape index (κ3) is 4.69. The number of hydrogen-bond donors (Lipinski definition) is 2. The summed E-state index contributed by atoms with van der Waals surface area (Å²) < 4.78 is 28.2. The minimum Gasteiger partial charge on any atom is -0.313 e. The van der Waals surface area contributed by atoms with Crippen LogP contribution in [-0.2, 0) is 13.1 Å². The Balaban J connectivity index is 1.41. The molecule has 1 fully saturated rings. The van der Waals surface area contributed by atoms with E-state index >= 15 is 0 Å². The summed E-state index contributed by atoms with van der Waals surface area (Å²) in [5.41, 5.74) is 5.13. The Hall–Kier alpha value is -3.16. The van der Waals surface area contributed by atoms with Crippen molar-refractivity contribution < 1.29 is 8.78 Å². The summed E-state index contributed by atoms with van der Waals surface area (Å²) in [5.74, 6) is -0.472. The average Bonchev–Trinajstić information content (AvgIpc) is 3.48. The Labute approximate surface area is 185 Å². The molecule has 1 saturated heterocycles. The van der Waals surface area contributed by atoms with E-state index in [2.05, 4.69) is 25.6 Å². The summed E-state index contributed by atoms with van der Waals surface area (Å²) in [7, 11) is 0. The predicted molar refractivity (Wildman–Crippen MR) is 121 cm³/mol. The van der Waals surface area contributed by atoms with Gasteiger partial charge in [0.1, 0.15) is 22.7 Å². The van der Waals surface area contributed by atoms with Crippen LogP contribution in [0.1, 0.15) is 24.0 Å². The molecule has 0 amide bonds. The zero-order valence-electron chi connectivity index (χ0n) is 17.7. The van der Waals surface area contributed by atoms with E-state index in [0.717, 1.165) is 53.7 Å². The summed E-state index contributed by atoms with van der Waals surface area (Å²) >= 11 is 0. The van der Waals surface area contributed by atoms with Crippen molar-refractivity contribution in [2.24, 2.45) is 0 Å². The van der Waals surface area contributed by atoms with Crippen molar-refractivity contribution in [2.45, 2.75) is 32.0 Å². The SMILES string of the molecule is Fc1ccc(CN(Cc2cc(-c3ccc4n[nH]nc4c3)ccc2F)CC2CCCN2)cc1. The van der Waals surface area contributed by atoms with Gasteiger partial charge in [0.05, 0.1) is 0 Å². The molecular weight excluding hydrogens is 408 g/mol. The number of benzene rings is 3. The van der Waals surface area contributed by atoms with Crippen molar-refractivity contribution in [1.82, 2.24) is 25.6 Å². The molecule has 3 aromatic carbocycles. The fourth-order valence-corrected chi connectivity index (χ4v) is 4.39. The molecule has 2 N–H and O–H groups in total. The van der Waals surface area contributed by atoms with Crippen molar-refractivity contribution in [3.63, 3.8) is 0 Å². The van der Waals surface area contributed by atoms with Crippen LogP contribution in [0.25, 0.3) is 22.2 Å². The Morgan fingerprint density at radius 3 is 2.47 bits per heavy atom. The van der Waals surface area contributed by atoms with E-state index < -0.39 is 0 Å². The summed E-state index contributed by atoms with van der Waals surface area (Å²) in [6.45, 7) is 2.93. The highest BCUT2D eigenvalue weighted by atomic mass is 19.1. The Bertz CT molecular complexity index is 1200. The zero-order chi connectivity index (χ0) is 21.9. The molecule has 1 unspecified atom stereocenters. The first-order valence-electron chi connectivity index (χ1n) is 10.9. The van der Waals surface area contributed by atoms with Crippen molar-refractivity contribution >= 4 is 11.0 Å². The third-order valence-electron chi connectivity index (χ3n) is 6.05. The lowest BCUT2D eigenvalue weighted by molar-refractivity contribution is 0.230. The molecule has 1 atom stereocenters. The van der Waals surface area contributed by atoms with Gasteiger partial charge in [-0.2, -0.15) is 15.4 Å². The monoisotopic (exact) mass is 433 g/mol. The topological polar surface area (TPSA) is 56.8 Å². The molecule has 4 aromatic rings. The number of fused-ring (bicyclic) bond motifs is 1. The molecule has 0 spiro atoms. The first kappa shape index (κ1) is 20.7. The van der Waals surface area contributed by atoms with Crippen LogP contribution in [0.4, 0.5) is 8.78 Å². The van der Waals surface area contributed by atoms with Gasteiger partial charge in [-0.1, -0.05) is 24.3 Å². The van der Waals surface area contributed by atoms with Gasteiger partial charge in [-0.25, -0.2) is 8.78 Å². The van der Waals surface area contributed by atoms with Crippen LogP contribution < -0.4 is 5.32 Å². The Kier molecular flexibility index (Phi) is 5.92. The highest BCUT2D eigenvalue weighted by Crippen LogP contribution is 2.26. The highest BCUT2D eigenvalue weighted by Gasteiger charge is 2.20. The number of hydrogen-bond acceptors (Lipinski definition) is 4. The fraction of sp³-hybridized carbons (Fsp3) is 0.280. The number of nitrogens with one attached hydrogen (secondary N) is 2. The normalized spacial score (nSPS) is 16.3. The van der Waals surface area contributed by atoms with Crippen LogP contribution in [0, 0.1) is 11.6 Å². The molecule has 1 aliphatic heterocycles. The minimum atomic E-state index is -0.249. The number of rotatable bonds is 7. The molecule has 5 nitrogen and oxygen atoms in total. The lowest BCUT2D eigenvalue weighted by atomic mass is 10.0. The van der Waals surface area contributed by atoms with Gasteiger partial charge in [0.25, 0.3) is 0 Å². The third-order valence-corrected chi connectivity index (χ3v) is 6.05. The first-order chi connectivity index (χ1) is 15.6. The van der Waals surface area contributed by atoms with Crippen molar-refractivity contribution in [2.75, 3.05) is 13.1 Å². The van der Waals surface area contributed by atoms with E-state index in [1.54, 1.807) is 18.2 Å². The van der Waals surface area contributed by atoms with Crippen molar-refractivity contribution in [3.05, 3.63) is 83.4 Å². The maximum Gasteiger partial charge on any atom is 0.127 e. The summed E-state index contributed by atoms with van der Waals surface area (Å²) in [4.78, 5) is 2.24. The van der Waals surface area contributed by atoms with Crippen molar-refractivity contribution in [1.29, 1.82) is 0 Å². The molecule has 0 radical (unpaired) electrons. The smallest absolute Gasteiger partial charge is 0.127 e. The largest absolute Gasteiger partial charge is 0.313 e. The van der Waals surface area contributed by atoms with Crippen LogP contribution in [0.2, 0.25) is 0 Å². The molecule has 0 saturated carbocycles. The second kappa shape index (κ2) is 9.14. The van der Waals surface area contributed by atoms with E-state index in [4.69, 9.17) is 0 Å². The number of aromatic amines is 1. The molecule has 0 bridgehead atoms. The summed E-state index contributed by atoms with van der Waals surface area (Å²) in [5, 5.41) is 14.4. The number of H-pyrrole nitrogens is 1. The quantitative estimate of drug-likeness (QED) is 0.445. The molecule has 0 aliphatic carbocycles. The molecular formula is C25H25F2N5. The Morgan fingerprint density at radius 1 is 0.875 bits per heavy atom. The van der Waals surface area contributed by atoms with Crippen LogP contribution in [0.5, 0.6) is 0 Å². The van der Waals surface area contributed by atoms with Crippen LogP contribution >= 0.6 is 0 Å². The van der Waals surface area contributed by atoms with E-state index in [1.165, 1.54) is 18.2 Å². The van der Waals surface area contributed by atoms with Gasteiger partial charge in [-0.15, -0.1) is 0 Å². The summed E-state index contributed by atoms with van der Waals surface area (Å²) in [6, 6.07) is 18.0. The van der Waals surface area contributed by atoms with E-state index in [-0.39, 0.29) is 11.6 Å². The standard InChI is InChI=1S/C25H25F2N5/c26-21-7-3-17(4-8-21)14-32(16-22-2-1-11-28-22)15-20-12-18(5-9-23(20)27)19-6-10-24-25(13-19)30-31-29-24/h3-10,12-13,22,28H,1-2,11,14-16H2,(H,29,30,31). The van der Waals surface area contributed by atoms with Gasteiger partial charge >= 0.3 is 0 Å². The van der Waals surface area contributed by atoms with Crippen LogP contribution in [0.3, 0.4) is 0 Å².